The summed E-state index contributed by atoms with van der Waals surface area (Å²) < 4.78 is 49.8. The lowest BCUT2D eigenvalue weighted by Gasteiger charge is -2.25. The molecule has 2 N–H and O–H groups in total. The number of fused-ring (bicyclic) bond motifs is 1. The van der Waals surface area contributed by atoms with Crippen LogP contribution in [0.2, 0.25) is 0 Å². The van der Waals surface area contributed by atoms with Gasteiger partial charge in [-0.2, -0.15) is 18.3 Å². The molecule has 11 nitrogen and oxygen atoms in total. The SMILES string of the molecule is COc1nc(/C=C/c2nc3n(n2)CCC[C@H]3c2ccccc2C(F)(F)F)ccc1-n1cnc(C)c1.O=C(O)/C=C/C(=O)O. The summed E-state index contributed by atoms with van der Waals surface area (Å²) in [6, 6.07) is 9.42. The van der Waals surface area contributed by atoms with E-state index in [-0.39, 0.29) is 5.56 Å². The number of methoxy groups -OCH3 is 1. The maximum atomic E-state index is 13.6. The van der Waals surface area contributed by atoms with Gasteiger partial charge in [0, 0.05) is 30.8 Å². The zero-order chi connectivity index (χ0) is 31.1. The second-order valence-corrected chi connectivity index (χ2v) is 9.36. The number of ether oxygens (including phenoxy) is 1. The van der Waals surface area contributed by atoms with Gasteiger partial charge in [-0.3, -0.25) is 0 Å². The summed E-state index contributed by atoms with van der Waals surface area (Å²) in [6.07, 6.45) is 5.04. The first-order valence-corrected chi connectivity index (χ1v) is 12.9. The number of aliphatic carboxylic acids is 2. The monoisotopic (exact) mass is 596 g/mol. The molecule has 0 unspecified atom stereocenters. The summed E-state index contributed by atoms with van der Waals surface area (Å²) in [4.78, 5) is 32.5. The van der Waals surface area contributed by atoms with Crippen molar-refractivity contribution in [2.24, 2.45) is 0 Å². The smallest absolute Gasteiger partial charge is 0.416 e. The van der Waals surface area contributed by atoms with Gasteiger partial charge in [0.05, 0.1) is 30.4 Å². The number of nitrogens with zero attached hydrogens (tertiary/aromatic N) is 6. The molecule has 43 heavy (non-hydrogen) atoms. The topological polar surface area (TPSA) is 145 Å². The molecule has 5 rings (SSSR count). The van der Waals surface area contributed by atoms with Crippen molar-refractivity contribution in [2.45, 2.75) is 38.4 Å². The van der Waals surface area contributed by atoms with Gasteiger partial charge in [0.1, 0.15) is 11.5 Å². The summed E-state index contributed by atoms with van der Waals surface area (Å²) in [5.74, 6) is -1.58. The molecule has 0 radical (unpaired) electrons. The fraction of sp³-hybridized carbons (Fsp3) is 0.241. The van der Waals surface area contributed by atoms with Gasteiger partial charge in [0.15, 0.2) is 5.82 Å². The van der Waals surface area contributed by atoms with Crippen molar-refractivity contribution in [1.82, 2.24) is 29.3 Å². The van der Waals surface area contributed by atoms with E-state index in [1.54, 1.807) is 36.3 Å². The molecule has 1 aliphatic heterocycles. The number of carboxylic acids is 2. The summed E-state index contributed by atoms with van der Waals surface area (Å²) >= 11 is 0. The van der Waals surface area contributed by atoms with E-state index < -0.39 is 29.6 Å². The van der Waals surface area contributed by atoms with Gasteiger partial charge in [-0.05, 0) is 55.7 Å². The third kappa shape index (κ3) is 7.72. The van der Waals surface area contributed by atoms with Crippen molar-refractivity contribution in [3.8, 4) is 11.6 Å². The van der Waals surface area contributed by atoms with Crippen LogP contribution in [-0.4, -0.2) is 58.6 Å². The lowest BCUT2D eigenvalue weighted by atomic mass is 9.88. The van der Waals surface area contributed by atoms with E-state index >= 15 is 0 Å². The second-order valence-electron chi connectivity index (χ2n) is 9.36. The van der Waals surface area contributed by atoms with Crippen LogP contribution in [-0.2, 0) is 22.3 Å². The van der Waals surface area contributed by atoms with Gasteiger partial charge in [0.2, 0.25) is 5.88 Å². The maximum Gasteiger partial charge on any atom is 0.416 e. The van der Waals surface area contributed by atoms with Gasteiger partial charge in [-0.15, -0.1) is 0 Å². The maximum absolute atomic E-state index is 13.6. The molecule has 1 atom stereocenters. The number of halogens is 3. The van der Waals surface area contributed by atoms with Gasteiger partial charge < -0.3 is 19.5 Å². The van der Waals surface area contributed by atoms with E-state index in [0.717, 1.165) is 23.9 Å². The van der Waals surface area contributed by atoms with Crippen LogP contribution in [0.3, 0.4) is 0 Å². The zero-order valence-electron chi connectivity index (χ0n) is 23.1. The van der Waals surface area contributed by atoms with Crippen LogP contribution in [0.25, 0.3) is 17.8 Å². The lowest BCUT2D eigenvalue weighted by molar-refractivity contribution is -0.138. The van der Waals surface area contributed by atoms with E-state index in [1.165, 1.54) is 12.1 Å². The van der Waals surface area contributed by atoms with E-state index in [4.69, 9.17) is 14.9 Å². The molecule has 0 saturated carbocycles. The number of alkyl halides is 3. The number of carboxylic acid groups (broad SMARTS) is 2. The Bertz CT molecular complexity index is 1660. The third-order valence-electron chi connectivity index (χ3n) is 6.35. The van der Waals surface area contributed by atoms with E-state index in [2.05, 4.69) is 20.1 Å². The molecular formula is C29H27F3N6O5. The van der Waals surface area contributed by atoms with Gasteiger partial charge in [-0.25, -0.2) is 29.2 Å². The Labute approximate surface area is 243 Å². The molecule has 1 aliphatic rings. The largest absolute Gasteiger partial charge is 0.479 e. The number of hydrogen-bond acceptors (Lipinski definition) is 7. The molecule has 0 saturated heterocycles. The van der Waals surface area contributed by atoms with Crippen molar-refractivity contribution in [1.29, 1.82) is 0 Å². The highest BCUT2D eigenvalue weighted by molar-refractivity contribution is 5.89. The molecule has 14 heteroatoms. The van der Waals surface area contributed by atoms with Crippen molar-refractivity contribution in [3.05, 3.63) is 95.2 Å². The van der Waals surface area contributed by atoms with Crippen LogP contribution >= 0.6 is 0 Å². The Kier molecular flexibility index (Phi) is 9.38. The van der Waals surface area contributed by atoms with Crippen molar-refractivity contribution < 1.29 is 37.7 Å². The molecule has 0 bridgehead atoms. The molecular weight excluding hydrogens is 569 g/mol. The molecule has 4 aromatic rings. The molecule has 1 aromatic carbocycles. The number of imidazole rings is 1. The highest BCUT2D eigenvalue weighted by Crippen LogP contribution is 2.40. The van der Waals surface area contributed by atoms with Crippen LogP contribution in [0.1, 0.15) is 52.9 Å². The second kappa shape index (κ2) is 13.1. The Morgan fingerprint density at radius 1 is 1.05 bits per heavy atom. The quantitative estimate of drug-likeness (QED) is 0.282. The lowest BCUT2D eigenvalue weighted by Crippen LogP contribution is -2.21. The minimum Gasteiger partial charge on any atom is -0.479 e. The van der Waals surface area contributed by atoms with Gasteiger partial charge in [-0.1, -0.05) is 18.2 Å². The summed E-state index contributed by atoms with van der Waals surface area (Å²) in [5.41, 5.74) is 1.88. The standard InChI is InChI=1S/C25H23F3N6O.C4H4O4/c1-16-14-33(15-29-16)21-11-9-17(30-24(21)35-2)10-12-22-31-23-19(7-5-13-34(23)32-22)18-6-3-4-8-20(18)25(26,27)28;5-3(6)1-2-4(7)8/h3-4,6,8-12,14-15,19H,5,7,13H2,1-2H3;1-2H,(H,5,6)(H,7,8)/b12-10+;2-1+/t19-;/m0./s1. The van der Waals surface area contributed by atoms with Gasteiger partial charge in [0.25, 0.3) is 0 Å². The Hall–Kier alpha value is -5.27. The Morgan fingerprint density at radius 2 is 1.77 bits per heavy atom. The van der Waals surface area contributed by atoms with Crippen molar-refractivity contribution in [2.75, 3.05) is 7.11 Å². The van der Waals surface area contributed by atoms with Crippen molar-refractivity contribution >= 4 is 24.1 Å². The van der Waals surface area contributed by atoms with Crippen LogP contribution in [0.15, 0.2) is 61.1 Å². The predicted molar refractivity (Wildman–Crippen MR) is 149 cm³/mol. The van der Waals surface area contributed by atoms with Crippen LogP contribution in [0.5, 0.6) is 5.88 Å². The van der Waals surface area contributed by atoms with E-state index in [0.29, 0.717) is 48.3 Å². The molecule has 224 valence electrons. The average Bonchev–Trinajstić information content (AvgIpc) is 3.60. The predicted octanol–water partition coefficient (Wildman–Crippen LogP) is 5.00. The molecule has 4 heterocycles. The van der Waals surface area contributed by atoms with Crippen LogP contribution < -0.4 is 4.74 Å². The Balaban J connectivity index is 0.000000467. The summed E-state index contributed by atoms with van der Waals surface area (Å²) in [5, 5.41) is 20.1. The van der Waals surface area contributed by atoms with Crippen LogP contribution in [0.4, 0.5) is 13.2 Å². The third-order valence-corrected chi connectivity index (χ3v) is 6.35. The first kappa shape index (κ1) is 30.7. The fourth-order valence-electron chi connectivity index (χ4n) is 4.54. The number of rotatable bonds is 7. The average molecular weight is 597 g/mol. The fourth-order valence-corrected chi connectivity index (χ4v) is 4.54. The number of hydrogen-bond donors (Lipinski definition) is 2. The molecule has 0 fully saturated rings. The molecule has 0 amide bonds. The highest BCUT2D eigenvalue weighted by atomic mass is 19.4. The molecule has 0 aliphatic carbocycles. The zero-order valence-corrected chi connectivity index (χ0v) is 23.1. The highest BCUT2D eigenvalue weighted by Gasteiger charge is 2.37. The first-order valence-electron chi connectivity index (χ1n) is 12.9. The first-order chi connectivity index (χ1) is 20.5. The van der Waals surface area contributed by atoms with Gasteiger partial charge >= 0.3 is 18.1 Å². The summed E-state index contributed by atoms with van der Waals surface area (Å²) in [7, 11) is 1.55. The number of pyridine rings is 1. The number of aromatic nitrogens is 6. The minimum absolute atomic E-state index is 0.237. The van der Waals surface area contributed by atoms with E-state index in [1.807, 2.05) is 29.8 Å². The van der Waals surface area contributed by atoms with Crippen molar-refractivity contribution in [3.63, 3.8) is 0 Å². The van der Waals surface area contributed by atoms with Crippen LogP contribution in [0, 0.1) is 6.92 Å². The number of benzene rings is 1. The number of carbonyl (C=O) groups is 2. The summed E-state index contributed by atoms with van der Waals surface area (Å²) in [6.45, 7) is 2.52. The number of aryl methyl sites for hydroxylation is 2. The normalized spacial score (nSPS) is 14.8. The Morgan fingerprint density at radius 3 is 2.40 bits per heavy atom. The minimum atomic E-state index is -4.42. The van der Waals surface area contributed by atoms with E-state index in [9.17, 15) is 22.8 Å². The molecule has 3 aromatic heterocycles. The molecule has 0 spiro atoms.